The van der Waals surface area contributed by atoms with Gasteiger partial charge in [-0.05, 0) is 43.5 Å². The second-order valence-electron chi connectivity index (χ2n) is 6.55. The molecule has 6 nitrogen and oxygen atoms in total. The van der Waals surface area contributed by atoms with E-state index in [9.17, 15) is 13.2 Å². The highest BCUT2D eigenvalue weighted by Crippen LogP contribution is 2.39. The van der Waals surface area contributed by atoms with Gasteiger partial charge in [-0.3, -0.25) is 9.10 Å². The molecule has 1 amide bonds. The minimum Gasteiger partial charge on any atom is -0.476 e. The van der Waals surface area contributed by atoms with Crippen molar-refractivity contribution in [3.8, 4) is 5.75 Å². The highest BCUT2D eigenvalue weighted by molar-refractivity contribution is 7.94. The molecule has 144 valence electrons. The number of likely N-dealkylation sites (tertiary alicyclic amines) is 1. The highest BCUT2D eigenvalue weighted by Gasteiger charge is 2.39. The molecule has 1 atom stereocenters. The Labute approximate surface area is 167 Å². The van der Waals surface area contributed by atoms with Gasteiger partial charge in [-0.2, -0.15) is 0 Å². The molecule has 2 aliphatic rings. The molecule has 1 aromatic heterocycles. The van der Waals surface area contributed by atoms with Crippen LogP contribution in [-0.2, 0) is 14.8 Å². The molecular formula is C18H19ClN2O4S2. The molecule has 0 unspecified atom stereocenters. The summed E-state index contributed by atoms with van der Waals surface area (Å²) < 4.78 is 34.1. The summed E-state index contributed by atoms with van der Waals surface area (Å²) in [5, 5.41) is 0. The Hall–Kier alpha value is -1.77. The zero-order chi connectivity index (χ0) is 19.0. The summed E-state index contributed by atoms with van der Waals surface area (Å²) in [5.41, 5.74) is 0.435. The smallest absolute Gasteiger partial charge is 0.274 e. The predicted molar refractivity (Wildman–Crippen MR) is 105 cm³/mol. The Bertz CT molecular complexity index is 954. The maximum Gasteiger partial charge on any atom is 0.274 e. The molecule has 1 aromatic carbocycles. The van der Waals surface area contributed by atoms with Crippen LogP contribution in [0.4, 0.5) is 5.69 Å². The van der Waals surface area contributed by atoms with Crippen molar-refractivity contribution in [2.75, 3.05) is 23.9 Å². The first-order valence-electron chi connectivity index (χ1n) is 8.79. The standard InChI is InChI=1S/C18H19ClN2O4S2/c19-16-8-9-17(26-16)27(23,24)21-12-15(18(22)20-10-4-1-5-11-20)25-14-7-3-2-6-13(14)21/h2-3,6-9,15H,1,4-5,10-12H2/t15-/m1/s1. The van der Waals surface area contributed by atoms with Gasteiger partial charge in [-0.25, -0.2) is 8.42 Å². The number of anilines is 1. The van der Waals surface area contributed by atoms with Crippen LogP contribution >= 0.6 is 22.9 Å². The number of piperidine rings is 1. The van der Waals surface area contributed by atoms with Gasteiger partial charge >= 0.3 is 0 Å². The lowest BCUT2D eigenvalue weighted by Crippen LogP contribution is -2.52. The van der Waals surface area contributed by atoms with Gasteiger partial charge in [-0.1, -0.05) is 23.7 Å². The van der Waals surface area contributed by atoms with Gasteiger partial charge in [0.2, 0.25) is 0 Å². The van der Waals surface area contributed by atoms with Crippen molar-refractivity contribution >= 4 is 44.6 Å². The van der Waals surface area contributed by atoms with Gasteiger partial charge < -0.3 is 9.64 Å². The third-order valence-corrected chi connectivity index (χ3v) is 8.25. The summed E-state index contributed by atoms with van der Waals surface area (Å²) in [4.78, 5) is 14.7. The first kappa shape index (κ1) is 18.6. The van der Waals surface area contributed by atoms with E-state index >= 15 is 0 Å². The molecule has 3 heterocycles. The van der Waals surface area contributed by atoms with Crippen LogP contribution in [0.3, 0.4) is 0 Å². The van der Waals surface area contributed by atoms with E-state index in [4.69, 9.17) is 16.3 Å². The quantitative estimate of drug-likeness (QED) is 0.754. The topological polar surface area (TPSA) is 66.9 Å². The molecular weight excluding hydrogens is 408 g/mol. The Morgan fingerprint density at radius 3 is 2.56 bits per heavy atom. The van der Waals surface area contributed by atoms with E-state index in [1.807, 2.05) is 0 Å². The minimum absolute atomic E-state index is 0.0514. The number of sulfonamides is 1. The van der Waals surface area contributed by atoms with Crippen LogP contribution < -0.4 is 9.04 Å². The van der Waals surface area contributed by atoms with E-state index in [2.05, 4.69) is 0 Å². The number of hydrogen-bond donors (Lipinski definition) is 0. The minimum atomic E-state index is -3.84. The number of carbonyl (C=O) groups excluding carboxylic acids is 1. The van der Waals surface area contributed by atoms with E-state index in [1.165, 1.54) is 10.4 Å². The molecule has 2 aliphatic heterocycles. The summed E-state index contributed by atoms with van der Waals surface area (Å²) in [5.74, 6) is 0.235. The maximum atomic E-state index is 13.2. The molecule has 0 aliphatic carbocycles. The molecule has 1 saturated heterocycles. The average molecular weight is 427 g/mol. The third-order valence-electron chi connectivity index (χ3n) is 4.77. The van der Waals surface area contributed by atoms with Crippen molar-refractivity contribution < 1.29 is 17.9 Å². The molecule has 0 radical (unpaired) electrons. The Morgan fingerprint density at radius 2 is 1.85 bits per heavy atom. The van der Waals surface area contributed by atoms with Gasteiger partial charge in [0.1, 0.15) is 9.96 Å². The number of hydrogen-bond acceptors (Lipinski definition) is 5. The van der Waals surface area contributed by atoms with Gasteiger partial charge in [0.25, 0.3) is 15.9 Å². The SMILES string of the molecule is O=C([C@H]1CN(S(=O)(=O)c2ccc(Cl)s2)c2ccccc2O1)N1CCCCC1. The number of rotatable bonds is 3. The van der Waals surface area contributed by atoms with Gasteiger partial charge in [0, 0.05) is 13.1 Å². The van der Waals surface area contributed by atoms with Crippen LogP contribution in [0.15, 0.2) is 40.6 Å². The summed E-state index contributed by atoms with van der Waals surface area (Å²) in [6, 6.07) is 9.93. The van der Waals surface area contributed by atoms with Crippen molar-refractivity contribution in [2.24, 2.45) is 0 Å². The van der Waals surface area contributed by atoms with E-state index in [0.717, 1.165) is 30.6 Å². The number of carbonyl (C=O) groups is 1. The molecule has 0 spiro atoms. The molecule has 0 N–H and O–H groups in total. The van der Waals surface area contributed by atoms with E-state index in [0.29, 0.717) is 28.9 Å². The monoisotopic (exact) mass is 426 g/mol. The second kappa shape index (κ2) is 7.33. The van der Waals surface area contributed by atoms with E-state index in [1.54, 1.807) is 35.2 Å². The fourth-order valence-corrected chi connectivity index (χ4v) is 6.49. The largest absolute Gasteiger partial charge is 0.476 e. The Kier molecular flexibility index (Phi) is 5.05. The Morgan fingerprint density at radius 1 is 1.11 bits per heavy atom. The van der Waals surface area contributed by atoms with Crippen molar-refractivity contribution in [3.05, 3.63) is 40.7 Å². The fourth-order valence-electron chi connectivity index (χ4n) is 3.42. The average Bonchev–Trinajstić information content (AvgIpc) is 3.14. The number of nitrogens with zero attached hydrogens (tertiary/aromatic N) is 2. The molecule has 0 bridgehead atoms. The van der Waals surface area contributed by atoms with Crippen LogP contribution in [-0.4, -0.2) is 45.0 Å². The molecule has 0 saturated carbocycles. The lowest BCUT2D eigenvalue weighted by Gasteiger charge is -2.37. The zero-order valence-electron chi connectivity index (χ0n) is 14.5. The summed E-state index contributed by atoms with van der Waals surface area (Å²) >= 11 is 6.94. The number of thiophene rings is 1. The van der Waals surface area contributed by atoms with Crippen molar-refractivity contribution in [1.29, 1.82) is 0 Å². The number of amides is 1. The first-order valence-corrected chi connectivity index (χ1v) is 11.4. The molecule has 9 heteroatoms. The lowest BCUT2D eigenvalue weighted by atomic mass is 10.1. The number of benzene rings is 1. The van der Waals surface area contributed by atoms with Crippen LogP contribution in [0.2, 0.25) is 4.34 Å². The van der Waals surface area contributed by atoms with Crippen molar-refractivity contribution in [1.82, 2.24) is 4.90 Å². The summed E-state index contributed by atoms with van der Waals surface area (Å²) in [7, 11) is -3.84. The number of halogens is 1. The van der Waals surface area contributed by atoms with Crippen LogP contribution in [0, 0.1) is 0 Å². The van der Waals surface area contributed by atoms with Gasteiger partial charge in [0.15, 0.2) is 6.10 Å². The van der Waals surface area contributed by atoms with Gasteiger partial charge in [0.05, 0.1) is 16.6 Å². The van der Waals surface area contributed by atoms with E-state index in [-0.39, 0.29) is 16.7 Å². The zero-order valence-corrected chi connectivity index (χ0v) is 16.9. The molecule has 1 fully saturated rings. The molecule has 27 heavy (non-hydrogen) atoms. The fraction of sp³-hybridized carbons (Fsp3) is 0.389. The van der Waals surface area contributed by atoms with Crippen LogP contribution in [0.25, 0.3) is 0 Å². The first-order chi connectivity index (χ1) is 13.0. The Balaban J connectivity index is 1.69. The van der Waals surface area contributed by atoms with Crippen molar-refractivity contribution in [3.63, 3.8) is 0 Å². The summed E-state index contributed by atoms with van der Waals surface area (Å²) in [6.07, 6.45) is 2.18. The normalized spacial score (nSPS) is 20.1. The third kappa shape index (κ3) is 3.53. The molecule has 4 rings (SSSR count). The number of fused-ring (bicyclic) bond motifs is 1. The number of ether oxygens (including phenoxy) is 1. The van der Waals surface area contributed by atoms with E-state index < -0.39 is 16.1 Å². The number of para-hydroxylation sites is 2. The van der Waals surface area contributed by atoms with Gasteiger partial charge in [-0.15, -0.1) is 11.3 Å². The van der Waals surface area contributed by atoms with Crippen LogP contribution in [0.5, 0.6) is 5.75 Å². The predicted octanol–water partition coefficient (Wildman–Crippen LogP) is 3.37. The molecule has 2 aromatic rings. The maximum absolute atomic E-state index is 13.2. The summed E-state index contributed by atoms with van der Waals surface area (Å²) in [6.45, 7) is 1.32. The van der Waals surface area contributed by atoms with Crippen LogP contribution in [0.1, 0.15) is 19.3 Å². The van der Waals surface area contributed by atoms with Crippen molar-refractivity contribution in [2.45, 2.75) is 29.6 Å². The second-order valence-corrected chi connectivity index (χ2v) is 10.4. The lowest BCUT2D eigenvalue weighted by molar-refractivity contribution is -0.139. The highest BCUT2D eigenvalue weighted by atomic mass is 35.5.